The number of fused-ring (bicyclic) bond motifs is 1. The van der Waals surface area contributed by atoms with Crippen LogP contribution in [0.4, 0.5) is 0 Å². The van der Waals surface area contributed by atoms with Gasteiger partial charge in [-0.1, -0.05) is 25.1 Å². The van der Waals surface area contributed by atoms with Crippen LogP contribution in [0.5, 0.6) is 11.5 Å². The number of rotatable bonds is 10. The number of carbonyl (C=O) groups is 1. The molecule has 1 amide bonds. The van der Waals surface area contributed by atoms with Gasteiger partial charge in [0.25, 0.3) is 0 Å². The molecule has 0 unspecified atom stereocenters. The number of para-hydroxylation sites is 1. The molecule has 0 aliphatic rings. The van der Waals surface area contributed by atoms with Crippen LogP contribution in [-0.2, 0) is 11.2 Å². The molecule has 0 fully saturated rings. The Morgan fingerprint density at radius 3 is 2.79 bits per heavy atom. The normalized spacial score (nSPS) is 11.1. The quantitative estimate of drug-likeness (QED) is 0.531. The maximum Gasteiger partial charge on any atom is 0.244 e. The van der Waals surface area contributed by atoms with Gasteiger partial charge in [0.15, 0.2) is 11.4 Å². The summed E-state index contributed by atoms with van der Waals surface area (Å²) in [6, 6.07) is 11.5. The Bertz CT molecular complexity index is 978. The van der Waals surface area contributed by atoms with Crippen LogP contribution in [0.3, 0.4) is 0 Å². The molecule has 0 bridgehead atoms. The van der Waals surface area contributed by atoms with E-state index in [1.54, 1.807) is 6.08 Å². The molecule has 0 saturated carbocycles. The van der Waals surface area contributed by atoms with E-state index in [2.05, 4.69) is 17.2 Å². The van der Waals surface area contributed by atoms with Crippen LogP contribution in [0.1, 0.15) is 31.5 Å². The summed E-state index contributed by atoms with van der Waals surface area (Å²) in [6.07, 6.45) is 8.79. The van der Waals surface area contributed by atoms with Gasteiger partial charge >= 0.3 is 0 Å². The van der Waals surface area contributed by atoms with Crippen LogP contribution >= 0.6 is 0 Å². The fraction of sp³-hybridized carbons (Fsp3) is 0.304. The van der Waals surface area contributed by atoms with Crippen LogP contribution in [-0.4, -0.2) is 35.1 Å². The second-order valence-electron chi connectivity index (χ2n) is 6.53. The summed E-state index contributed by atoms with van der Waals surface area (Å²) in [4.78, 5) is 16.8. The summed E-state index contributed by atoms with van der Waals surface area (Å²) in [6.45, 7) is 5.76. The van der Waals surface area contributed by atoms with E-state index in [9.17, 15) is 4.79 Å². The number of carbonyl (C=O) groups excluding carboxylic acids is 1. The van der Waals surface area contributed by atoms with Crippen molar-refractivity contribution in [2.45, 2.75) is 26.7 Å². The number of aromatic nitrogens is 2. The molecular formula is C23H27N3O3. The number of hydrogen-bond donors (Lipinski definition) is 1. The molecule has 2 heterocycles. The van der Waals surface area contributed by atoms with Crippen molar-refractivity contribution in [1.82, 2.24) is 14.7 Å². The predicted molar refractivity (Wildman–Crippen MR) is 114 cm³/mol. The highest BCUT2D eigenvalue weighted by Crippen LogP contribution is 2.20. The molecule has 1 aromatic carbocycles. The average Bonchev–Trinajstić information content (AvgIpc) is 3.15. The van der Waals surface area contributed by atoms with E-state index in [4.69, 9.17) is 9.47 Å². The topological polar surface area (TPSA) is 64.9 Å². The molecule has 6 nitrogen and oxygen atoms in total. The number of hydrogen-bond acceptors (Lipinski definition) is 4. The van der Waals surface area contributed by atoms with Gasteiger partial charge in [0.2, 0.25) is 5.91 Å². The van der Waals surface area contributed by atoms with E-state index in [1.165, 1.54) is 6.08 Å². The van der Waals surface area contributed by atoms with Crippen molar-refractivity contribution in [2.24, 2.45) is 0 Å². The van der Waals surface area contributed by atoms with Gasteiger partial charge in [-0.3, -0.25) is 4.79 Å². The van der Waals surface area contributed by atoms with E-state index in [-0.39, 0.29) is 5.91 Å². The summed E-state index contributed by atoms with van der Waals surface area (Å²) in [5.74, 6) is 1.40. The molecule has 0 atom stereocenters. The Morgan fingerprint density at radius 1 is 1.14 bits per heavy atom. The van der Waals surface area contributed by atoms with Gasteiger partial charge in [0, 0.05) is 37.0 Å². The third-order valence-corrected chi connectivity index (χ3v) is 4.27. The third kappa shape index (κ3) is 5.60. The lowest BCUT2D eigenvalue weighted by atomic mass is 10.2. The minimum absolute atomic E-state index is 0.144. The molecule has 6 heteroatoms. The Hall–Kier alpha value is -3.28. The van der Waals surface area contributed by atoms with E-state index in [1.807, 2.05) is 60.1 Å². The standard InChI is InChI=1S/C23H27N3O3/c1-3-16-29-20-9-6-5-8-18(20)11-12-22(27)24-14-13-19-17-26-15-7-10-21(28-4-2)23(26)25-19/h5-12,15,17H,3-4,13-14,16H2,1-2H3,(H,24,27)/b12-11+. The molecule has 29 heavy (non-hydrogen) atoms. The number of ether oxygens (including phenoxy) is 2. The lowest BCUT2D eigenvalue weighted by Gasteiger charge is -2.07. The fourth-order valence-corrected chi connectivity index (χ4v) is 2.93. The Kier molecular flexibility index (Phi) is 7.28. The zero-order valence-corrected chi connectivity index (χ0v) is 16.9. The predicted octanol–water partition coefficient (Wildman–Crippen LogP) is 3.89. The van der Waals surface area contributed by atoms with E-state index in [0.29, 0.717) is 26.2 Å². The summed E-state index contributed by atoms with van der Waals surface area (Å²) in [5, 5.41) is 2.90. The number of nitrogens with one attached hydrogen (secondary N) is 1. The number of benzene rings is 1. The summed E-state index contributed by atoms with van der Waals surface area (Å²) < 4.78 is 13.3. The minimum atomic E-state index is -0.144. The highest BCUT2D eigenvalue weighted by Gasteiger charge is 2.07. The van der Waals surface area contributed by atoms with Gasteiger partial charge in [0.05, 0.1) is 18.9 Å². The van der Waals surface area contributed by atoms with Crippen molar-refractivity contribution in [3.63, 3.8) is 0 Å². The molecule has 3 rings (SSSR count). The molecule has 152 valence electrons. The van der Waals surface area contributed by atoms with E-state index < -0.39 is 0 Å². The summed E-state index contributed by atoms with van der Waals surface area (Å²) >= 11 is 0. The number of pyridine rings is 1. The molecule has 0 saturated heterocycles. The smallest absolute Gasteiger partial charge is 0.244 e. The molecule has 2 aromatic heterocycles. The lowest BCUT2D eigenvalue weighted by Crippen LogP contribution is -2.23. The largest absolute Gasteiger partial charge is 0.493 e. The van der Waals surface area contributed by atoms with Crippen molar-refractivity contribution in [3.05, 3.63) is 66.1 Å². The number of imidazole rings is 1. The van der Waals surface area contributed by atoms with Crippen molar-refractivity contribution in [2.75, 3.05) is 19.8 Å². The maximum absolute atomic E-state index is 12.2. The van der Waals surface area contributed by atoms with Crippen LogP contribution in [0.2, 0.25) is 0 Å². The first-order chi connectivity index (χ1) is 14.2. The summed E-state index contributed by atoms with van der Waals surface area (Å²) in [7, 11) is 0. The highest BCUT2D eigenvalue weighted by atomic mass is 16.5. The van der Waals surface area contributed by atoms with Crippen LogP contribution in [0.25, 0.3) is 11.7 Å². The SMILES string of the molecule is CCCOc1ccccc1/C=C/C(=O)NCCc1cn2cccc(OCC)c2n1. The first-order valence-corrected chi connectivity index (χ1v) is 9.98. The van der Waals surface area contributed by atoms with Gasteiger partial charge in [-0.05, 0) is 37.6 Å². The fourth-order valence-electron chi connectivity index (χ4n) is 2.93. The van der Waals surface area contributed by atoms with Crippen molar-refractivity contribution in [3.8, 4) is 11.5 Å². The maximum atomic E-state index is 12.2. The highest BCUT2D eigenvalue weighted by molar-refractivity contribution is 5.92. The van der Waals surface area contributed by atoms with Gasteiger partial charge in [-0.25, -0.2) is 4.98 Å². The van der Waals surface area contributed by atoms with Gasteiger partial charge < -0.3 is 19.2 Å². The molecule has 0 spiro atoms. The van der Waals surface area contributed by atoms with Gasteiger partial charge in [0.1, 0.15) is 5.75 Å². The van der Waals surface area contributed by atoms with Crippen molar-refractivity contribution in [1.29, 1.82) is 0 Å². The zero-order valence-electron chi connectivity index (χ0n) is 16.9. The lowest BCUT2D eigenvalue weighted by molar-refractivity contribution is -0.116. The first-order valence-electron chi connectivity index (χ1n) is 9.98. The zero-order chi connectivity index (χ0) is 20.5. The molecule has 0 radical (unpaired) electrons. The summed E-state index contributed by atoms with van der Waals surface area (Å²) in [5.41, 5.74) is 2.58. The Labute approximate surface area is 171 Å². The van der Waals surface area contributed by atoms with Crippen LogP contribution in [0, 0.1) is 0 Å². The van der Waals surface area contributed by atoms with Crippen molar-refractivity contribution >= 4 is 17.6 Å². The van der Waals surface area contributed by atoms with Crippen molar-refractivity contribution < 1.29 is 14.3 Å². The first kappa shape index (κ1) is 20.5. The molecule has 1 N–H and O–H groups in total. The second-order valence-corrected chi connectivity index (χ2v) is 6.53. The second kappa shape index (κ2) is 10.3. The van der Waals surface area contributed by atoms with E-state index >= 15 is 0 Å². The monoisotopic (exact) mass is 393 g/mol. The van der Waals surface area contributed by atoms with Crippen LogP contribution < -0.4 is 14.8 Å². The Morgan fingerprint density at radius 2 is 1.97 bits per heavy atom. The third-order valence-electron chi connectivity index (χ3n) is 4.27. The number of amides is 1. The van der Waals surface area contributed by atoms with E-state index in [0.717, 1.165) is 34.8 Å². The van der Waals surface area contributed by atoms with Gasteiger partial charge in [-0.2, -0.15) is 0 Å². The minimum Gasteiger partial charge on any atom is -0.493 e. The molecule has 3 aromatic rings. The molecular weight excluding hydrogens is 366 g/mol. The van der Waals surface area contributed by atoms with Crippen LogP contribution in [0.15, 0.2) is 54.9 Å². The number of nitrogens with zero attached hydrogens (tertiary/aromatic N) is 2. The molecule has 0 aliphatic carbocycles. The molecule has 0 aliphatic heterocycles. The van der Waals surface area contributed by atoms with Gasteiger partial charge in [-0.15, -0.1) is 0 Å². The average molecular weight is 393 g/mol. The Balaban J connectivity index is 1.55.